The number of carboxylic acid groups (broad SMARTS) is 4. The van der Waals surface area contributed by atoms with Gasteiger partial charge in [-0.3, -0.25) is 19.2 Å². The van der Waals surface area contributed by atoms with Gasteiger partial charge in [-0.25, -0.2) is 0 Å². The van der Waals surface area contributed by atoms with Gasteiger partial charge in [0.2, 0.25) is 0 Å². The van der Waals surface area contributed by atoms with Crippen LogP contribution in [0.25, 0.3) is 0 Å². The Morgan fingerprint density at radius 3 is 1.06 bits per heavy atom. The number of carbonyl (C=O) groups is 4. The number of halogens is 8. The largest absolute Gasteiger partial charge is 0.481 e. The van der Waals surface area contributed by atoms with Crippen molar-refractivity contribution in [2.24, 2.45) is 11.8 Å². The van der Waals surface area contributed by atoms with Crippen LogP contribution in [0.1, 0.15) is 12.8 Å². The lowest BCUT2D eigenvalue weighted by Crippen LogP contribution is -2.48. The number of rotatable bonds is 7. The van der Waals surface area contributed by atoms with Gasteiger partial charge in [0, 0.05) is 26.9 Å². The summed E-state index contributed by atoms with van der Waals surface area (Å²) in [6.07, 6.45) is -0.218. The molecule has 186 valence electrons. The van der Waals surface area contributed by atoms with Gasteiger partial charge in [0.05, 0.1) is 0 Å². The highest BCUT2D eigenvalue weighted by molar-refractivity contribution is 9.17. The molecule has 0 spiro atoms. The molecule has 8 nitrogen and oxygen atoms in total. The summed E-state index contributed by atoms with van der Waals surface area (Å²) < 4.78 is -2.93. The number of aliphatic carboxylic acids is 4. The van der Waals surface area contributed by atoms with Crippen molar-refractivity contribution in [2.45, 2.75) is 21.5 Å². The first kappa shape index (κ1) is 30.9. The van der Waals surface area contributed by atoms with Crippen LogP contribution in [0.3, 0.4) is 0 Å². The van der Waals surface area contributed by atoms with E-state index >= 15 is 0 Å². The van der Waals surface area contributed by atoms with Gasteiger partial charge in [-0.05, 0) is 87.7 Å². The number of alkyl halides is 2. The van der Waals surface area contributed by atoms with Crippen LogP contribution in [0, 0.1) is 11.8 Å². The number of allylic oxidation sites excluding steroid dienone is 4. The molecular formula is C18H10Br8O8. The molecule has 4 unspecified atom stereocenters. The van der Waals surface area contributed by atoms with Crippen LogP contribution in [0.15, 0.2) is 38.0 Å². The molecule has 4 N–H and O–H groups in total. The van der Waals surface area contributed by atoms with E-state index in [-0.39, 0.29) is 50.9 Å². The van der Waals surface area contributed by atoms with Crippen LogP contribution in [-0.2, 0) is 19.2 Å². The fraction of sp³-hybridized carbons (Fsp3) is 0.333. The normalized spacial score (nSPS) is 30.1. The predicted octanol–water partition coefficient (Wildman–Crippen LogP) is 6.93. The monoisotopic (exact) mass is 985 g/mol. The lowest BCUT2D eigenvalue weighted by molar-refractivity contribution is -0.148. The molecule has 2 aliphatic carbocycles. The third-order valence-corrected chi connectivity index (χ3v) is 16.3. The maximum Gasteiger partial charge on any atom is 0.326 e. The van der Waals surface area contributed by atoms with Gasteiger partial charge < -0.3 is 20.4 Å². The Balaban J connectivity index is 2.69. The molecule has 0 aromatic carbocycles. The van der Waals surface area contributed by atoms with Crippen molar-refractivity contribution < 1.29 is 39.6 Å². The van der Waals surface area contributed by atoms with E-state index in [1.165, 1.54) is 0 Å². The highest BCUT2D eigenvalue weighted by Crippen LogP contribution is 2.57. The van der Waals surface area contributed by atoms with Crippen LogP contribution in [0.5, 0.6) is 0 Å². The summed E-state index contributed by atoms with van der Waals surface area (Å²) in [4.78, 5) is 48.7. The van der Waals surface area contributed by atoms with E-state index in [0.29, 0.717) is 0 Å². The first-order valence-electron chi connectivity index (χ1n) is 8.66. The smallest absolute Gasteiger partial charge is 0.326 e. The molecule has 4 atom stereocenters. The standard InChI is InChI=1S/C18H10Br8O8/c19-7-3(5(13(27)28)17(25,15(31)32)11(23)9(7)21)1-2-4-6(14(29)30)18(26,16(33)34)12(24)10(22)8(4)20/h5-6H,1-2H2,(H,27,28)(H,29,30)(H,31,32)(H,33,34). The van der Waals surface area contributed by atoms with Gasteiger partial charge in [0.25, 0.3) is 0 Å². The maximum atomic E-state index is 12.2. The molecule has 0 saturated heterocycles. The lowest BCUT2D eigenvalue weighted by atomic mass is 9.76. The highest BCUT2D eigenvalue weighted by Gasteiger charge is 2.57. The number of hydrogen-bond acceptors (Lipinski definition) is 4. The van der Waals surface area contributed by atoms with Gasteiger partial charge >= 0.3 is 23.9 Å². The minimum atomic E-state index is -2.04. The second-order valence-corrected chi connectivity index (χ2v) is 14.3. The van der Waals surface area contributed by atoms with Crippen molar-refractivity contribution in [2.75, 3.05) is 0 Å². The van der Waals surface area contributed by atoms with Gasteiger partial charge in [-0.2, -0.15) is 0 Å². The van der Waals surface area contributed by atoms with E-state index < -0.39 is 44.4 Å². The predicted molar refractivity (Wildman–Crippen MR) is 152 cm³/mol. The average molecular weight is 994 g/mol. The Morgan fingerprint density at radius 1 is 0.588 bits per heavy atom. The Hall–Kier alpha value is 0.680. The SMILES string of the molecule is O=C(O)C1C(CCC2=C(Br)C(Br)=C(Br)C(Br)(C(=O)O)C2C(=O)O)=C(Br)C(Br)=C(Br)C1(Br)C(=O)O. The van der Waals surface area contributed by atoms with Crippen molar-refractivity contribution in [3.63, 3.8) is 0 Å². The van der Waals surface area contributed by atoms with Crippen molar-refractivity contribution in [3.05, 3.63) is 38.0 Å². The quantitative estimate of drug-likeness (QED) is 0.201. The molecule has 0 bridgehead atoms. The summed E-state index contributed by atoms with van der Waals surface area (Å²) >= 11 is 25.6. The molecule has 0 heterocycles. The van der Waals surface area contributed by atoms with Crippen molar-refractivity contribution in [1.82, 2.24) is 0 Å². The highest BCUT2D eigenvalue weighted by atomic mass is 79.9. The molecule has 0 aromatic heterocycles. The Bertz CT molecular complexity index is 1050. The Morgan fingerprint density at radius 2 is 0.853 bits per heavy atom. The van der Waals surface area contributed by atoms with E-state index in [0.717, 1.165) is 0 Å². The molecule has 2 aliphatic rings. The first-order chi connectivity index (χ1) is 15.5. The third kappa shape index (κ3) is 4.92. The molecule has 16 heteroatoms. The molecule has 0 saturated carbocycles. The second kappa shape index (κ2) is 11.2. The van der Waals surface area contributed by atoms with E-state index in [2.05, 4.69) is 127 Å². The van der Waals surface area contributed by atoms with Gasteiger partial charge in [-0.1, -0.05) is 63.7 Å². The topological polar surface area (TPSA) is 149 Å². The molecule has 0 fully saturated rings. The molecular weight excluding hydrogens is 983 g/mol. The molecule has 0 amide bonds. The van der Waals surface area contributed by atoms with Gasteiger partial charge in [0.15, 0.2) is 8.65 Å². The van der Waals surface area contributed by atoms with E-state index in [1.807, 2.05) is 0 Å². The second-order valence-electron chi connectivity index (χ2n) is 7.01. The minimum Gasteiger partial charge on any atom is -0.481 e. The summed E-state index contributed by atoms with van der Waals surface area (Å²) in [6.45, 7) is 0. The van der Waals surface area contributed by atoms with Crippen LogP contribution < -0.4 is 0 Å². The summed E-state index contributed by atoms with van der Waals surface area (Å²) in [6, 6.07) is 0. The van der Waals surface area contributed by atoms with Crippen molar-refractivity contribution in [3.8, 4) is 0 Å². The summed E-state index contributed by atoms with van der Waals surface area (Å²) in [7, 11) is 0. The molecule has 34 heavy (non-hydrogen) atoms. The van der Waals surface area contributed by atoms with Crippen molar-refractivity contribution >= 4 is 151 Å². The summed E-state index contributed by atoms with van der Waals surface area (Å²) in [5, 5.41) is 39.6. The number of carboxylic acids is 4. The minimum absolute atomic E-state index is 0.0389. The zero-order valence-corrected chi connectivity index (χ0v) is 28.7. The number of hydrogen-bond donors (Lipinski definition) is 4. The molecule has 0 aromatic rings. The summed E-state index contributed by atoms with van der Waals surface area (Å²) in [5.74, 6) is -8.94. The van der Waals surface area contributed by atoms with E-state index in [9.17, 15) is 39.6 Å². The van der Waals surface area contributed by atoms with Crippen LogP contribution in [-0.4, -0.2) is 53.0 Å². The first-order valence-corrected chi connectivity index (χ1v) is 15.0. The third-order valence-electron chi connectivity index (χ3n) is 5.25. The Kier molecular flexibility index (Phi) is 10.2. The van der Waals surface area contributed by atoms with E-state index in [1.54, 1.807) is 0 Å². The average Bonchev–Trinajstić information content (AvgIpc) is 2.74. The molecule has 0 radical (unpaired) electrons. The fourth-order valence-electron chi connectivity index (χ4n) is 3.63. The van der Waals surface area contributed by atoms with Crippen LogP contribution in [0.2, 0.25) is 0 Å². The molecule has 2 rings (SSSR count). The molecule has 0 aliphatic heterocycles. The van der Waals surface area contributed by atoms with E-state index in [4.69, 9.17) is 0 Å². The zero-order valence-electron chi connectivity index (χ0n) is 16.0. The lowest BCUT2D eigenvalue weighted by Gasteiger charge is -2.38. The zero-order chi connectivity index (χ0) is 26.5. The maximum absolute atomic E-state index is 12.2. The Labute approximate surface area is 259 Å². The summed E-state index contributed by atoms with van der Waals surface area (Å²) in [5.41, 5.74) is 0.304. The fourth-order valence-corrected chi connectivity index (χ4v) is 9.62. The van der Waals surface area contributed by atoms with Crippen molar-refractivity contribution in [1.29, 1.82) is 0 Å². The van der Waals surface area contributed by atoms with Gasteiger partial charge in [0.1, 0.15) is 11.8 Å². The van der Waals surface area contributed by atoms with Gasteiger partial charge in [-0.15, -0.1) is 0 Å². The van der Waals surface area contributed by atoms with Crippen LogP contribution >= 0.6 is 127 Å². The van der Waals surface area contributed by atoms with Crippen LogP contribution in [0.4, 0.5) is 0 Å².